The number of alkyl halides is 1. The van der Waals surface area contributed by atoms with E-state index < -0.39 is 0 Å². The number of hydrogen-bond donors (Lipinski definition) is 0. The topological polar surface area (TPSA) is 9.23 Å². The highest BCUT2D eigenvalue weighted by molar-refractivity contribution is 6.21. The van der Waals surface area contributed by atoms with E-state index in [2.05, 4.69) is 11.8 Å². The van der Waals surface area contributed by atoms with E-state index in [9.17, 15) is 0 Å². The predicted octanol–water partition coefficient (Wildman–Crippen LogP) is 1.80. The Morgan fingerprint density at radius 2 is 2.50 bits per heavy atom. The monoisotopic (exact) mass is 158 g/mol. The van der Waals surface area contributed by atoms with Crippen molar-refractivity contribution >= 4 is 11.6 Å². The zero-order valence-corrected chi connectivity index (χ0v) is 6.82. The maximum absolute atomic E-state index is 5.93. The van der Waals surface area contributed by atoms with Gasteiger partial charge in [0.05, 0.1) is 5.38 Å². The highest BCUT2D eigenvalue weighted by Crippen LogP contribution is 2.15. The molecule has 0 aromatic heterocycles. The van der Waals surface area contributed by atoms with Crippen molar-refractivity contribution in [3.05, 3.63) is 0 Å². The van der Waals surface area contributed by atoms with Gasteiger partial charge in [-0.1, -0.05) is 5.92 Å². The van der Waals surface area contributed by atoms with Crippen molar-refractivity contribution in [2.75, 3.05) is 6.61 Å². The van der Waals surface area contributed by atoms with Crippen molar-refractivity contribution < 1.29 is 4.74 Å². The van der Waals surface area contributed by atoms with Gasteiger partial charge < -0.3 is 4.74 Å². The van der Waals surface area contributed by atoms with Crippen LogP contribution in [0.4, 0.5) is 0 Å². The maximum atomic E-state index is 5.93. The van der Waals surface area contributed by atoms with Gasteiger partial charge in [-0.15, -0.1) is 17.5 Å². The average molecular weight is 159 g/mol. The molecule has 0 bridgehead atoms. The zero-order chi connectivity index (χ0) is 7.40. The second-order valence-electron chi connectivity index (χ2n) is 2.25. The average Bonchev–Trinajstić information content (AvgIpc) is 1.94. The van der Waals surface area contributed by atoms with E-state index in [1.807, 2.05) is 6.92 Å². The fraction of sp³-hybridized carbons (Fsp3) is 0.750. The number of rotatable bonds is 2. The van der Waals surface area contributed by atoms with Gasteiger partial charge in [-0.3, -0.25) is 0 Å². The molecule has 0 aromatic rings. The van der Waals surface area contributed by atoms with Gasteiger partial charge in [-0.2, -0.15) is 0 Å². The molecule has 0 heterocycles. The largest absolute Gasteiger partial charge is 0.364 e. The molecule has 1 rings (SSSR count). The molecule has 0 fully saturated rings. The Kier molecular flexibility index (Phi) is 3.05. The molecule has 2 heteroatoms. The number of ether oxygens (including phenoxy) is 1. The Balaban J connectivity index is 2.44. The first-order chi connectivity index (χ1) is 4.84. The smallest absolute Gasteiger partial charge is 0.134 e. The Bertz CT molecular complexity index is 156. The molecule has 0 aromatic carbocycles. The van der Waals surface area contributed by atoms with E-state index in [4.69, 9.17) is 16.3 Å². The Hall–Kier alpha value is -0.190. The summed E-state index contributed by atoms with van der Waals surface area (Å²) in [5, 5.41) is 0.0983. The van der Waals surface area contributed by atoms with Crippen LogP contribution in [0.2, 0.25) is 0 Å². The summed E-state index contributed by atoms with van der Waals surface area (Å²) in [4.78, 5) is 0. The van der Waals surface area contributed by atoms with Crippen LogP contribution in [0, 0.1) is 11.8 Å². The van der Waals surface area contributed by atoms with Gasteiger partial charge in [-0.05, 0) is 13.3 Å². The van der Waals surface area contributed by atoms with E-state index in [0.717, 1.165) is 12.8 Å². The van der Waals surface area contributed by atoms with Gasteiger partial charge in [0.2, 0.25) is 0 Å². The van der Waals surface area contributed by atoms with Crippen LogP contribution in [-0.4, -0.2) is 18.1 Å². The van der Waals surface area contributed by atoms with Crippen LogP contribution in [0.5, 0.6) is 0 Å². The first-order valence-electron chi connectivity index (χ1n) is 3.58. The molecule has 56 valence electrons. The van der Waals surface area contributed by atoms with Crippen molar-refractivity contribution in [2.45, 2.75) is 31.2 Å². The predicted molar refractivity (Wildman–Crippen MR) is 42.1 cm³/mol. The molecule has 2 unspecified atom stereocenters. The second-order valence-corrected chi connectivity index (χ2v) is 2.81. The molecule has 0 saturated carbocycles. The highest BCUT2D eigenvalue weighted by Gasteiger charge is 2.18. The normalized spacial score (nSPS) is 31.0. The molecule has 1 aliphatic carbocycles. The lowest BCUT2D eigenvalue weighted by atomic mass is 10.1. The van der Waals surface area contributed by atoms with Crippen molar-refractivity contribution in [3.8, 4) is 11.8 Å². The van der Waals surface area contributed by atoms with Crippen LogP contribution < -0.4 is 0 Å². The summed E-state index contributed by atoms with van der Waals surface area (Å²) in [5.41, 5.74) is 0. The summed E-state index contributed by atoms with van der Waals surface area (Å²) in [6.07, 6.45) is 1.84. The number of halogens is 1. The van der Waals surface area contributed by atoms with E-state index in [1.165, 1.54) is 0 Å². The van der Waals surface area contributed by atoms with E-state index in [0.29, 0.717) is 6.61 Å². The molecule has 0 saturated heterocycles. The molecule has 0 spiro atoms. The zero-order valence-electron chi connectivity index (χ0n) is 6.06. The summed E-state index contributed by atoms with van der Waals surface area (Å²) in [5.74, 6) is 5.96. The molecule has 0 aliphatic heterocycles. The van der Waals surface area contributed by atoms with Gasteiger partial charge in [0.1, 0.15) is 6.10 Å². The van der Waals surface area contributed by atoms with Gasteiger partial charge in [0.25, 0.3) is 0 Å². The standard InChI is InChI=1S/C8H11ClO/c1-2-10-8-6-4-3-5-7(8)9/h7-8H,2-3,5H2,1H3. The van der Waals surface area contributed by atoms with Crippen molar-refractivity contribution in [1.29, 1.82) is 0 Å². The molecule has 2 atom stereocenters. The summed E-state index contributed by atoms with van der Waals surface area (Å²) in [6.45, 7) is 2.66. The van der Waals surface area contributed by atoms with Crippen LogP contribution in [-0.2, 0) is 4.74 Å². The highest BCUT2D eigenvalue weighted by atomic mass is 35.5. The third-order valence-electron chi connectivity index (χ3n) is 1.46. The lowest BCUT2D eigenvalue weighted by Gasteiger charge is -2.18. The minimum absolute atomic E-state index is 0.0274. The Labute approximate surface area is 66.7 Å². The minimum Gasteiger partial charge on any atom is -0.364 e. The van der Waals surface area contributed by atoms with Gasteiger partial charge in [0, 0.05) is 13.0 Å². The quantitative estimate of drug-likeness (QED) is 0.440. The lowest BCUT2D eigenvalue weighted by molar-refractivity contribution is 0.0964. The first-order valence-corrected chi connectivity index (χ1v) is 4.02. The summed E-state index contributed by atoms with van der Waals surface area (Å²) >= 11 is 5.93. The fourth-order valence-electron chi connectivity index (χ4n) is 0.950. The maximum Gasteiger partial charge on any atom is 0.134 e. The molecule has 0 N–H and O–H groups in total. The summed E-state index contributed by atoms with van der Waals surface area (Å²) in [6, 6.07) is 0. The SMILES string of the molecule is CCOC1C#CCCC1Cl. The molecular weight excluding hydrogens is 148 g/mol. The number of hydrogen-bond acceptors (Lipinski definition) is 1. The van der Waals surface area contributed by atoms with Crippen LogP contribution >= 0.6 is 11.6 Å². The van der Waals surface area contributed by atoms with Crippen molar-refractivity contribution in [1.82, 2.24) is 0 Å². The second kappa shape index (κ2) is 3.85. The summed E-state index contributed by atoms with van der Waals surface area (Å²) < 4.78 is 5.29. The van der Waals surface area contributed by atoms with Crippen LogP contribution in [0.15, 0.2) is 0 Å². The van der Waals surface area contributed by atoms with E-state index in [-0.39, 0.29) is 11.5 Å². The molecule has 0 radical (unpaired) electrons. The Morgan fingerprint density at radius 3 is 3.10 bits per heavy atom. The lowest BCUT2D eigenvalue weighted by Crippen LogP contribution is -2.25. The van der Waals surface area contributed by atoms with Crippen LogP contribution in [0.3, 0.4) is 0 Å². The first kappa shape index (κ1) is 7.91. The van der Waals surface area contributed by atoms with Gasteiger partial charge in [0.15, 0.2) is 0 Å². The molecular formula is C8H11ClO. The van der Waals surface area contributed by atoms with Crippen molar-refractivity contribution in [2.24, 2.45) is 0 Å². The van der Waals surface area contributed by atoms with Crippen molar-refractivity contribution in [3.63, 3.8) is 0 Å². The molecule has 1 aliphatic rings. The molecule has 10 heavy (non-hydrogen) atoms. The van der Waals surface area contributed by atoms with Gasteiger partial charge in [-0.25, -0.2) is 0 Å². The van der Waals surface area contributed by atoms with E-state index in [1.54, 1.807) is 0 Å². The van der Waals surface area contributed by atoms with Crippen LogP contribution in [0.1, 0.15) is 19.8 Å². The summed E-state index contributed by atoms with van der Waals surface area (Å²) in [7, 11) is 0. The van der Waals surface area contributed by atoms with Crippen LogP contribution in [0.25, 0.3) is 0 Å². The fourth-order valence-corrected chi connectivity index (χ4v) is 1.20. The van der Waals surface area contributed by atoms with Gasteiger partial charge >= 0.3 is 0 Å². The minimum atomic E-state index is -0.0274. The molecule has 1 nitrogen and oxygen atoms in total. The third-order valence-corrected chi connectivity index (χ3v) is 1.91. The third kappa shape index (κ3) is 1.90. The Morgan fingerprint density at radius 1 is 1.70 bits per heavy atom. The molecule has 0 amide bonds. The van der Waals surface area contributed by atoms with E-state index >= 15 is 0 Å².